The van der Waals surface area contributed by atoms with Gasteiger partial charge >= 0.3 is 0 Å². The van der Waals surface area contributed by atoms with Crippen LogP contribution in [0.5, 0.6) is 0 Å². The highest BCUT2D eigenvalue weighted by Gasteiger charge is 2.31. The van der Waals surface area contributed by atoms with Gasteiger partial charge in [0.15, 0.2) is 0 Å². The van der Waals surface area contributed by atoms with E-state index in [0.717, 1.165) is 33.9 Å². The van der Waals surface area contributed by atoms with Crippen LogP contribution in [0.2, 0.25) is 0 Å². The lowest BCUT2D eigenvalue weighted by Crippen LogP contribution is -2.30. The van der Waals surface area contributed by atoms with E-state index >= 15 is 0 Å². The molecule has 1 aliphatic heterocycles. The summed E-state index contributed by atoms with van der Waals surface area (Å²) in [5.41, 5.74) is 1.98. The summed E-state index contributed by atoms with van der Waals surface area (Å²) in [6.45, 7) is 0.832. The number of carbonyl (C=O) groups is 1. The highest BCUT2D eigenvalue weighted by Crippen LogP contribution is 2.35. The molecule has 1 atom stereocenters. The number of hydrogen-bond acceptors (Lipinski definition) is 2. The summed E-state index contributed by atoms with van der Waals surface area (Å²) in [6.07, 6.45) is 2.12. The first-order valence-corrected chi connectivity index (χ1v) is 8.98. The molecule has 1 unspecified atom stereocenters. The van der Waals surface area contributed by atoms with Crippen molar-refractivity contribution >= 4 is 49.1 Å². The molecule has 2 aromatic rings. The van der Waals surface area contributed by atoms with E-state index in [9.17, 15) is 4.79 Å². The van der Waals surface area contributed by atoms with Crippen molar-refractivity contribution in [2.45, 2.75) is 18.9 Å². The van der Waals surface area contributed by atoms with Gasteiger partial charge in [-0.25, -0.2) is 0 Å². The average Bonchev–Trinajstić information content (AvgIpc) is 3.10. The van der Waals surface area contributed by atoms with Crippen LogP contribution in [0.3, 0.4) is 0 Å². The van der Waals surface area contributed by atoms with E-state index in [4.69, 9.17) is 0 Å². The predicted molar refractivity (Wildman–Crippen MR) is 89.2 cm³/mol. The van der Waals surface area contributed by atoms with Crippen LogP contribution in [-0.2, 0) is 0 Å². The van der Waals surface area contributed by atoms with Crippen molar-refractivity contribution in [1.82, 2.24) is 4.90 Å². The minimum absolute atomic E-state index is 0.104. The number of likely N-dealkylation sites (tertiary alicyclic amines) is 1. The maximum absolute atomic E-state index is 12.8. The quantitative estimate of drug-likeness (QED) is 0.656. The summed E-state index contributed by atoms with van der Waals surface area (Å²) in [5.74, 6) is 0.104. The molecule has 1 fully saturated rings. The Hall–Kier alpha value is -0.650. The summed E-state index contributed by atoms with van der Waals surface area (Å²) in [4.78, 5) is 14.8. The molecule has 5 heteroatoms. The summed E-state index contributed by atoms with van der Waals surface area (Å²) < 4.78 is 1.77. The second-order valence-electron chi connectivity index (χ2n) is 4.84. The molecule has 1 saturated heterocycles. The van der Waals surface area contributed by atoms with E-state index in [1.807, 2.05) is 23.1 Å². The Labute approximate surface area is 139 Å². The van der Waals surface area contributed by atoms with Crippen LogP contribution in [0, 0.1) is 0 Å². The van der Waals surface area contributed by atoms with Crippen LogP contribution in [0.15, 0.2) is 44.0 Å². The highest BCUT2D eigenvalue weighted by atomic mass is 79.9. The molecule has 104 valence electrons. The monoisotopic (exact) mass is 413 g/mol. The molecule has 1 amide bonds. The van der Waals surface area contributed by atoms with Crippen molar-refractivity contribution in [3.05, 3.63) is 55.1 Å². The number of halogens is 2. The molecule has 20 heavy (non-hydrogen) atoms. The van der Waals surface area contributed by atoms with Crippen molar-refractivity contribution in [2.24, 2.45) is 0 Å². The van der Waals surface area contributed by atoms with Crippen molar-refractivity contribution in [2.75, 3.05) is 6.54 Å². The lowest BCUT2D eigenvalue weighted by Gasteiger charge is -2.25. The molecule has 1 aromatic heterocycles. The second-order valence-corrected chi connectivity index (χ2v) is 7.39. The Bertz CT molecular complexity index is 627. The van der Waals surface area contributed by atoms with Gasteiger partial charge in [0, 0.05) is 15.5 Å². The second kappa shape index (κ2) is 6.00. The molecule has 0 radical (unpaired) electrons. The summed E-state index contributed by atoms with van der Waals surface area (Å²) in [5, 5.41) is 4.22. The Kier molecular flexibility index (Phi) is 4.29. The summed E-state index contributed by atoms with van der Waals surface area (Å²) >= 11 is 8.60. The van der Waals surface area contributed by atoms with Gasteiger partial charge in [0.05, 0.1) is 11.6 Å². The zero-order chi connectivity index (χ0) is 14.1. The largest absolute Gasteiger partial charge is 0.332 e. The van der Waals surface area contributed by atoms with Crippen LogP contribution >= 0.6 is 43.2 Å². The molecular weight excluding hydrogens is 402 g/mol. The molecule has 1 aromatic carbocycles. The maximum atomic E-state index is 12.8. The maximum Gasteiger partial charge on any atom is 0.255 e. The lowest BCUT2D eigenvalue weighted by molar-refractivity contribution is 0.0735. The molecule has 3 rings (SSSR count). The number of amides is 1. The molecule has 0 saturated carbocycles. The van der Waals surface area contributed by atoms with E-state index in [0.29, 0.717) is 0 Å². The van der Waals surface area contributed by atoms with Gasteiger partial charge in [0.25, 0.3) is 5.91 Å². The molecule has 2 nitrogen and oxygen atoms in total. The molecule has 0 spiro atoms. The van der Waals surface area contributed by atoms with E-state index in [1.54, 1.807) is 11.3 Å². The van der Waals surface area contributed by atoms with Crippen LogP contribution in [0.1, 0.15) is 34.8 Å². The number of nitrogens with zero attached hydrogens (tertiary/aromatic N) is 1. The number of carbonyl (C=O) groups excluding carboxylic acids is 1. The molecule has 1 aliphatic rings. The fraction of sp³-hybridized carbons (Fsp3) is 0.267. The summed E-state index contributed by atoms with van der Waals surface area (Å²) in [7, 11) is 0. The smallest absolute Gasteiger partial charge is 0.255 e. The fourth-order valence-corrected chi connectivity index (χ4v) is 4.12. The summed E-state index contributed by atoms with van der Waals surface area (Å²) in [6, 6.07) is 8.07. The Balaban J connectivity index is 1.91. The third-order valence-electron chi connectivity index (χ3n) is 3.60. The predicted octanol–water partition coefficient (Wildman–Crippen LogP) is 5.25. The minimum atomic E-state index is 0.104. The van der Waals surface area contributed by atoms with Gasteiger partial charge in [0.1, 0.15) is 0 Å². The highest BCUT2D eigenvalue weighted by molar-refractivity contribution is 9.11. The third kappa shape index (κ3) is 2.71. The number of hydrogen-bond donors (Lipinski definition) is 0. The van der Waals surface area contributed by atoms with Crippen molar-refractivity contribution in [3.8, 4) is 0 Å². The molecule has 0 aliphatic carbocycles. The van der Waals surface area contributed by atoms with Crippen LogP contribution in [0.4, 0.5) is 0 Å². The van der Waals surface area contributed by atoms with Gasteiger partial charge < -0.3 is 4.90 Å². The fourth-order valence-electron chi connectivity index (χ4n) is 2.64. The third-order valence-corrected chi connectivity index (χ3v) is 5.49. The van der Waals surface area contributed by atoms with E-state index in [-0.39, 0.29) is 11.9 Å². The van der Waals surface area contributed by atoms with Crippen molar-refractivity contribution < 1.29 is 4.79 Å². The SMILES string of the molecule is O=C(c1cc(Br)ccc1Br)N1CCCC1c1ccsc1. The number of rotatable bonds is 2. The molecule has 2 heterocycles. The topological polar surface area (TPSA) is 20.3 Å². The van der Waals surface area contributed by atoms with E-state index in [1.165, 1.54) is 5.56 Å². The van der Waals surface area contributed by atoms with Gasteiger partial charge in [-0.15, -0.1) is 0 Å². The number of thiophene rings is 1. The van der Waals surface area contributed by atoms with Gasteiger partial charge in [-0.1, -0.05) is 15.9 Å². The van der Waals surface area contributed by atoms with E-state index < -0.39 is 0 Å². The Morgan fingerprint density at radius 3 is 2.90 bits per heavy atom. The van der Waals surface area contributed by atoms with Crippen molar-refractivity contribution in [3.63, 3.8) is 0 Å². The lowest BCUT2D eigenvalue weighted by atomic mass is 10.1. The van der Waals surface area contributed by atoms with Gasteiger partial charge in [0.2, 0.25) is 0 Å². The zero-order valence-electron chi connectivity index (χ0n) is 10.7. The van der Waals surface area contributed by atoms with Gasteiger partial charge in [-0.05, 0) is 69.4 Å². The first kappa shape index (κ1) is 14.3. The van der Waals surface area contributed by atoms with Crippen LogP contribution in [-0.4, -0.2) is 17.4 Å². The first-order valence-electron chi connectivity index (χ1n) is 6.45. The Morgan fingerprint density at radius 2 is 2.15 bits per heavy atom. The standard InChI is InChI=1S/C15H13Br2NOS/c16-11-3-4-13(17)12(8-11)15(19)18-6-1-2-14(18)10-5-7-20-9-10/h3-5,7-9,14H,1-2,6H2. The zero-order valence-corrected chi connectivity index (χ0v) is 14.7. The minimum Gasteiger partial charge on any atom is -0.332 e. The molecule has 0 N–H and O–H groups in total. The average molecular weight is 415 g/mol. The normalized spacial score (nSPS) is 18.5. The Morgan fingerprint density at radius 1 is 1.30 bits per heavy atom. The van der Waals surface area contributed by atoms with E-state index in [2.05, 4.69) is 48.7 Å². The van der Waals surface area contributed by atoms with Crippen LogP contribution in [0.25, 0.3) is 0 Å². The first-order chi connectivity index (χ1) is 9.66. The van der Waals surface area contributed by atoms with Gasteiger partial charge in [-0.3, -0.25) is 4.79 Å². The van der Waals surface area contributed by atoms with Gasteiger partial charge in [-0.2, -0.15) is 11.3 Å². The molecule has 0 bridgehead atoms. The molecular formula is C15H13Br2NOS. The number of benzene rings is 1. The van der Waals surface area contributed by atoms with Crippen LogP contribution < -0.4 is 0 Å². The van der Waals surface area contributed by atoms with Crippen molar-refractivity contribution in [1.29, 1.82) is 0 Å².